The maximum absolute atomic E-state index is 5.51. The predicted molar refractivity (Wildman–Crippen MR) is 120 cm³/mol. The predicted octanol–water partition coefficient (Wildman–Crippen LogP) is 2.09. The Kier molecular flexibility index (Phi) is 8.55. The largest absolute Gasteiger partial charge is 0.379 e. The van der Waals surface area contributed by atoms with E-state index in [0.717, 1.165) is 64.3 Å². The summed E-state index contributed by atoms with van der Waals surface area (Å²) in [6, 6.07) is 4.76. The highest BCUT2D eigenvalue weighted by molar-refractivity contribution is 5.79. The number of nitrogens with zero attached hydrogens (tertiary/aromatic N) is 4. The molecule has 0 aromatic carbocycles. The van der Waals surface area contributed by atoms with Gasteiger partial charge in [-0.2, -0.15) is 0 Å². The Labute approximate surface area is 175 Å². The van der Waals surface area contributed by atoms with Crippen LogP contribution in [0.1, 0.15) is 38.7 Å². The molecule has 7 heteroatoms. The van der Waals surface area contributed by atoms with Crippen molar-refractivity contribution in [1.29, 1.82) is 0 Å². The first-order chi connectivity index (χ1) is 14.2. The third-order valence-electron chi connectivity index (χ3n) is 5.94. The average Bonchev–Trinajstić information content (AvgIpc) is 2.77. The van der Waals surface area contributed by atoms with E-state index in [1.165, 1.54) is 24.8 Å². The summed E-state index contributed by atoms with van der Waals surface area (Å²) < 4.78 is 5.51. The molecule has 1 aromatic rings. The number of hydrogen-bond acceptors (Lipinski definition) is 5. The third-order valence-corrected chi connectivity index (χ3v) is 5.94. The molecule has 0 amide bonds. The van der Waals surface area contributed by atoms with Crippen molar-refractivity contribution >= 4 is 11.8 Å². The zero-order valence-corrected chi connectivity index (χ0v) is 18.4. The van der Waals surface area contributed by atoms with Crippen LogP contribution in [0, 0.1) is 5.92 Å². The van der Waals surface area contributed by atoms with Gasteiger partial charge in [0.15, 0.2) is 5.96 Å². The zero-order valence-electron chi connectivity index (χ0n) is 18.4. The minimum atomic E-state index is 0.476. The highest BCUT2D eigenvalue weighted by Gasteiger charge is 2.23. The van der Waals surface area contributed by atoms with Crippen LogP contribution < -0.4 is 15.5 Å². The van der Waals surface area contributed by atoms with E-state index < -0.39 is 0 Å². The van der Waals surface area contributed by atoms with Gasteiger partial charge in [0.1, 0.15) is 5.82 Å². The first-order valence-electron chi connectivity index (χ1n) is 11.1. The molecule has 0 spiro atoms. The van der Waals surface area contributed by atoms with Gasteiger partial charge in [-0.1, -0.05) is 13.8 Å². The first kappa shape index (κ1) is 21.8. The number of anilines is 1. The summed E-state index contributed by atoms with van der Waals surface area (Å²) in [5.74, 6) is 2.52. The molecule has 29 heavy (non-hydrogen) atoms. The number of aromatic nitrogens is 1. The third kappa shape index (κ3) is 6.57. The molecule has 1 aromatic heterocycles. The van der Waals surface area contributed by atoms with Crippen LogP contribution in [0.5, 0.6) is 0 Å². The molecule has 2 N–H and O–H groups in total. The van der Waals surface area contributed by atoms with Gasteiger partial charge in [-0.15, -0.1) is 0 Å². The van der Waals surface area contributed by atoms with E-state index in [9.17, 15) is 0 Å². The van der Waals surface area contributed by atoms with Crippen molar-refractivity contribution in [3.63, 3.8) is 0 Å². The van der Waals surface area contributed by atoms with Gasteiger partial charge in [0.25, 0.3) is 0 Å². The van der Waals surface area contributed by atoms with Gasteiger partial charge >= 0.3 is 0 Å². The molecule has 1 unspecified atom stereocenters. The lowest BCUT2D eigenvalue weighted by atomic mass is 10.0. The van der Waals surface area contributed by atoms with Crippen molar-refractivity contribution < 1.29 is 4.74 Å². The van der Waals surface area contributed by atoms with Crippen molar-refractivity contribution in [2.45, 2.75) is 45.7 Å². The van der Waals surface area contributed by atoms with Crippen molar-refractivity contribution in [3.8, 4) is 0 Å². The fourth-order valence-electron chi connectivity index (χ4n) is 4.17. The number of guanidine groups is 1. The quantitative estimate of drug-likeness (QED) is 0.538. The van der Waals surface area contributed by atoms with Crippen LogP contribution in [-0.4, -0.2) is 74.9 Å². The summed E-state index contributed by atoms with van der Waals surface area (Å²) >= 11 is 0. The van der Waals surface area contributed by atoms with Crippen LogP contribution >= 0.6 is 0 Å². The lowest BCUT2D eigenvalue weighted by molar-refractivity contribution is 0.00752. The minimum absolute atomic E-state index is 0.476. The van der Waals surface area contributed by atoms with E-state index in [0.29, 0.717) is 12.0 Å². The molecule has 7 nitrogen and oxygen atoms in total. The van der Waals surface area contributed by atoms with E-state index >= 15 is 0 Å². The molecule has 2 aliphatic heterocycles. The van der Waals surface area contributed by atoms with E-state index in [2.05, 4.69) is 56.4 Å². The molecule has 2 fully saturated rings. The van der Waals surface area contributed by atoms with Crippen LogP contribution in [-0.2, 0) is 11.3 Å². The normalized spacial score (nSPS) is 20.0. The SMILES string of the molecule is CN=C(NCc1ccnc(N2CCCCC2)c1)NCC(C(C)C)N1CCOCC1. The first-order valence-corrected chi connectivity index (χ1v) is 11.1. The summed E-state index contributed by atoms with van der Waals surface area (Å²) in [6.45, 7) is 12.1. The van der Waals surface area contributed by atoms with Crippen molar-refractivity contribution in [3.05, 3.63) is 23.9 Å². The number of hydrogen-bond donors (Lipinski definition) is 2. The Morgan fingerprint density at radius 1 is 1.14 bits per heavy atom. The smallest absolute Gasteiger partial charge is 0.191 e. The Morgan fingerprint density at radius 3 is 2.59 bits per heavy atom. The standard InChI is InChI=1S/C22H38N6O/c1-18(2)20(27-11-13-29-14-12-27)17-26-22(23-3)25-16-19-7-8-24-21(15-19)28-9-5-4-6-10-28/h7-8,15,18,20H,4-6,9-14,16-17H2,1-3H3,(H2,23,25,26). The van der Waals surface area contributed by atoms with Crippen molar-refractivity contribution in [2.24, 2.45) is 10.9 Å². The lowest BCUT2D eigenvalue weighted by Gasteiger charge is -2.37. The van der Waals surface area contributed by atoms with Crippen LogP contribution in [0.2, 0.25) is 0 Å². The van der Waals surface area contributed by atoms with E-state index in [-0.39, 0.29) is 0 Å². The fourth-order valence-corrected chi connectivity index (χ4v) is 4.17. The number of ether oxygens (including phenoxy) is 1. The van der Waals surface area contributed by atoms with E-state index in [1.54, 1.807) is 0 Å². The molecule has 162 valence electrons. The van der Waals surface area contributed by atoms with Crippen LogP contribution in [0.4, 0.5) is 5.82 Å². The van der Waals surface area contributed by atoms with E-state index in [4.69, 9.17) is 4.74 Å². The second kappa shape index (κ2) is 11.4. The summed E-state index contributed by atoms with van der Waals surface area (Å²) in [7, 11) is 1.83. The second-order valence-electron chi connectivity index (χ2n) is 8.34. The lowest BCUT2D eigenvalue weighted by Crippen LogP contribution is -2.52. The molecule has 0 bridgehead atoms. The summed E-state index contributed by atoms with van der Waals surface area (Å²) in [5, 5.41) is 6.99. The van der Waals surface area contributed by atoms with Crippen molar-refractivity contribution in [2.75, 3.05) is 57.9 Å². The maximum atomic E-state index is 5.51. The van der Waals surface area contributed by atoms with Gasteiger partial charge in [-0.05, 0) is 42.9 Å². The molecule has 2 saturated heterocycles. The van der Waals surface area contributed by atoms with Gasteiger partial charge in [0.2, 0.25) is 0 Å². The van der Waals surface area contributed by atoms with Gasteiger partial charge in [-0.3, -0.25) is 9.89 Å². The second-order valence-corrected chi connectivity index (χ2v) is 8.34. The molecule has 2 aliphatic rings. The fraction of sp³-hybridized carbons (Fsp3) is 0.727. The van der Waals surface area contributed by atoms with Crippen LogP contribution in [0.25, 0.3) is 0 Å². The number of nitrogens with one attached hydrogen (secondary N) is 2. The molecule has 1 atom stereocenters. The molecule has 3 rings (SSSR count). The molecular formula is C22H38N6O. The number of pyridine rings is 1. The maximum Gasteiger partial charge on any atom is 0.191 e. The summed E-state index contributed by atoms with van der Waals surface area (Å²) in [5.41, 5.74) is 1.23. The number of aliphatic imine (C=N–C) groups is 1. The van der Waals surface area contributed by atoms with Crippen molar-refractivity contribution in [1.82, 2.24) is 20.5 Å². The zero-order chi connectivity index (χ0) is 20.5. The molecule has 0 aliphatic carbocycles. The molecular weight excluding hydrogens is 364 g/mol. The number of piperidine rings is 1. The van der Waals surface area contributed by atoms with Gasteiger partial charge in [-0.25, -0.2) is 4.98 Å². The Bertz CT molecular complexity index is 638. The monoisotopic (exact) mass is 402 g/mol. The van der Waals surface area contributed by atoms with Gasteiger partial charge in [0, 0.05) is 58.6 Å². The van der Waals surface area contributed by atoms with E-state index in [1.807, 2.05) is 13.2 Å². The molecule has 3 heterocycles. The van der Waals surface area contributed by atoms with Crippen LogP contribution in [0.15, 0.2) is 23.3 Å². The highest BCUT2D eigenvalue weighted by Crippen LogP contribution is 2.18. The Morgan fingerprint density at radius 2 is 1.90 bits per heavy atom. The topological polar surface area (TPSA) is 65.0 Å². The van der Waals surface area contributed by atoms with Crippen LogP contribution in [0.3, 0.4) is 0 Å². The summed E-state index contributed by atoms with van der Waals surface area (Å²) in [4.78, 5) is 13.9. The minimum Gasteiger partial charge on any atom is -0.379 e. The number of morpholine rings is 1. The molecule has 0 saturated carbocycles. The van der Waals surface area contributed by atoms with Gasteiger partial charge < -0.3 is 20.3 Å². The number of rotatable bonds is 7. The molecule has 0 radical (unpaired) electrons. The Hall–Kier alpha value is -1.86. The average molecular weight is 403 g/mol. The summed E-state index contributed by atoms with van der Waals surface area (Å²) in [6.07, 6.45) is 5.79. The van der Waals surface area contributed by atoms with Gasteiger partial charge in [0.05, 0.1) is 13.2 Å². The Balaban J connectivity index is 1.51. The highest BCUT2D eigenvalue weighted by atomic mass is 16.5.